The van der Waals surface area contributed by atoms with E-state index in [-0.39, 0.29) is 6.04 Å². The molecule has 8 nitrogen and oxygen atoms in total. The van der Waals surface area contributed by atoms with Crippen LogP contribution >= 0.6 is 0 Å². The van der Waals surface area contributed by atoms with E-state index in [1.165, 1.54) is 0 Å². The fraction of sp³-hybridized carbons (Fsp3) is 0.462. The second-order valence-electron chi connectivity index (χ2n) is 4.61. The standard InChI is InChI=1S/C13H18N2O6/c1-9(4-5-10-3-2-6-21-10)14-13(20)15(7-11(16)17)8-12(18)19/h2-3,6,9H,4-5,7-8H2,1H3,(H,14,20)(H,16,17)(H,18,19). The minimum atomic E-state index is -1.27. The number of carbonyl (C=O) groups excluding carboxylic acids is 1. The third-order valence-corrected chi connectivity index (χ3v) is 2.71. The van der Waals surface area contributed by atoms with Gasteiger partial charge in [0.05, 0.1) is 6.26 Å². The van der Waals surface area contributed by atoms with Crippen LogP contribution in [0.2, 0.25) is 0 Å². The van der Waals surface area contributed by atoms with Crippen LogP contribution in [0.5, 0.6) is 0 Å². The van der Waals surface area contributed by atoms with Gasteiger partial charge in [0.2, 0.25) is 0 Å². The lowest BCUT2D eigenvalue weighted by Gasteiger charge is -2.22. The Balaban J connectivity index is 2.46. The average Bonchev–Trinajstić information content (AvgIpc) is 2.87. The van der Waals surface area contributed by atoms with Crippen LogP contribution in [-0.2, 0) is 16.0 Å². The molecule has 0 fully saturated rings. The first-order valence-electron chi connectivity index (χ1n) is 6.40. The van der Waals surface area contributed by atoms with Crippen molar-refractivity contribution in [1.29, 1.82) is 0 Å². The highest BCUT2D eigenvalue weighted by atomic mass is 16.4. The Morgan fingerprint density at radius 3 is 2.38 bits per heavy atom. The first kappa shape index (κ1) is 16.5. The Morgan fingerprint density at radius 1 is 1.29 bits per heavy atom. The number of carbonyl (C=O) groups is 3. The molecule has 1 unspecified atom stereocenters. The van der Waals surface area contributed by atoms with E-state index in [0.717, 1.165) is 10.7 Å². The number of nitrogens with one attached hydrogen (secondary N) is 1. The number of aliphatic carboxylic acids is 2. The van der Waals surface area contributed by atoms with Gasteiger partial charge < -0.3 is 24.8 Å². The van der Waals surface area contributed by atoms with E-state index in [2.05, 4.69) is 5.32 Å². The molecule has 1 atom stereocenters. The van der Waals surface area contributed by atoms with Crippen LogP contribution in [0.4, 0.5) is 4.79 Å². The van der Waals surface area contributed by atoms with E-state index in [0.29, 0.717) is 12.8 Å². The summed E-state index contributed by atoms with van der Waals surface area (Å²) in [6.07, 6.45) is 2.76. The molecule has 0 spiro atoms. The molecular weight excluding hydrogens is 280 g/mol. The van der Waals surface area contributed by atoms with Crippen molar-refractivity contribution in [2.45, 2.75) is 25.8 Å². The summed E-state index contributed by atoms with van der Waals surface area (Å²) < 4.78 is 5.16. The molecule has 2 amide bonds. The van der Waals surface area contributed by atoms with Crippen molar-refractivity contribution in [3.8, 4) is 0 Å². The van der Waals surface area contributed by atoms with Crippen molar-refractivity contribution in [3.05, 3.63) is 24.2 Å². The number of furan rings is 1. The predicted molar refractivity (Wildman–Crippen MR) is 71.9 cm³/mol. The van der Waals surface area contributed by atoms with Crippen molar-refractivity contribution in [1.82, 2.24) is 10.2 Å². The van der Waals surface area contributed by atoms with Crippen LogP contribution in [0.3, 0.4) is 0 Å². The zero-order valence-electron chi connectivity index (χ0n) is 11.6. The summed E-state index contributed by atoms with van der Waals surface area (Å²) in [6.45, 7) is 0.423. The van der Waals surface area contributed by atoms with E-state index >= 15 is 0 Å². The van der Waals surface area contributed by atoms with E-state index < -0.39 is 31.1 Å². The van der Waals surface area contributed by atoms with Crippen LogP contribution < -0.4 is 5.32 Å². The Kier molecular flexibility index (Phi) is 6.25. The number of amides is 2. The molecule has 1 rings (SSSR count). The SMILES string of the molecule is CC(CCc1ccco1)NC(=O)N(CC(=O)O)CC(=O)O. The number of hydrogen-bond donors (Lipinski definition) is 3. The second-order valence-corrected chi connectivity index (χ2v) is 4.61. The summed E-state index contributed by atoms with van der Waals surface area (Å²) in [4.78, 5) is 33.9. The largest absolute Gasteiger partial charge is 0.480 e. The minimum absolute atomic E-state index is 0.243. The number of hydrogen-bond acceptors (Lipinski definition) is 4. The van der Waals surface area contributed by atoms with Crippen LogP contribution in [0, 0.1) is 0 Å². The lowest BCUT2D eigenvalue weighted by atomic mass is 10.1. The van der Waals surface area contributed by atoms with Crippen molar-refractivity contribution in [2.24, 2.45) is 0 Å². The van der Waals surface area contributed by atoms with Crippen LogP contribution in [0.15, 0.2) is 22.8 Å². The third kappa shape index (κ3) is 6.46. The van der Waals surface area contributed by atoms with E-state index in [4.69, 9.17) is 14.6 Å². The lowest BCUT2D eigenvalue weighted by molar-refractivity contribution is -0.140. The Hall–Kier alpha value is -2.51. The normalized spacial score (nSPS) is 11.7. The summed E-state index contributed by atoms with van der Waals surface area (Å²) in [5, 5.41) is 19.9. The maximum Gasteiger partial charge on any atom is 0.323 e. The maximum absolute atomic E-state index is 11.9. The first-order valence-corrected chi connectivity index (χ1v) is 6.40. The van der Waals surface area contributed by atoms with Gasteiger partial charge in [-0.05, 0) is 25.5 Å². The van der Waals surface area contributed by atoms with Crippen LogP contribution in [-0.4, -0.2) is 52.2 Å². The van der Waals surface area contributed by atoms with Crippen molar-refractivity contribution >= 4 is 18.0 Å². The van der Waals surface area contributed by atoms with E-state index in [1.807, 2.05) is 6.07 Å². The lowest BCUT2D eigenvalue weighted by Crippen LogP contribution is -2.48. The Labute approximate surface area is 121 Å². The molecule has 0 radical (unpaired) electrons. The summed E-state index contributed by atoms with van der Waals surface area (Å²) in [5.74, 6) is -1.76. The van der Waals surface area contributed by atoms with Crippen LogP contribution in [0.1, 0.15) is 19.1 Å². The molecule has 0 aliphatic carbocycles. The van der Waals surface area contributed by atoms with Crippen molar-refractivity contribution < 1.29 is 29.0 Å². The Morgan fingerprint density at radius 2 is 1.90 bits per heavy atom. The smallest absolute Gasteiger partial charge is 0.323 e. The molecule has 8 heteroatoms. The summed E-state index contributed by atoms with van der Waals surface area (Å²) in [6, 6.07) is 2.62. The average molecular weight is 298 g/mol. The topological polar surface area (TPSA) is 120 Å². The molecule has 1 heterocycles. The predicted octanol–water partition coefficient (Wildman–Crippen LogP) is 0.782. The highest BCUT2D eigenvalue weighted by molar-refractivity contribution is 5.84. The molecule has 0 saturated heterocycles. The molecule has 116 valence electrons. The van der Waals surface area contributed by atoms with Crippen molar-refractivity contribution in [3.63, 3.8) is 0 Å². The zero-order chi connectivity index (χ0) is 15.8. The summed E-state index contributed by atoms with van der Waals surface area (Å²) in [5.41, 5.74) is 0. The quantitative estimate of drug-likeness (QED) is 0.652. The number of urea groups is 1. The number of carboxylic acid groups (broad SMARTS) is 2. The third-order valence-electron chi connectivity index (χ3n) is 2.71. The molecule has 0 bridgehead atoms. The monoisotopic (exact) mass is 298 g/mol. The van der Waals surface area contributed by atoms with Gasteiger partial charge in [-0.3, -0.25) is 9.59 Å². The van der Waals surface area contributed by atoms with Crippen LogP contribution in [0.25, 0.3) is 0 Å². The molecular formula is C13H18N2O6. The molecule has 1 aromatic rings. The van der Waals surface area contributed by atoms with Gasteiger partial charge in [0, 0.05) is 12.5 Å². The summed E-state index contributed by atoms with van der Waals surface area (Å²) in [7, 11) is 0. The molecule has 1 aromatic heterocycles. The number of aryl methyl sites for hydroxylation is 1. The van der Waals surface area contributed by atoms with Gasteiger partial charge >= 0.3 is 18.0 Å². The number of rotatable bonds is 8. The summed E-state index contributed by atoms with van der Waals surface area (Å²) >= 11 is 0. The highest BCUT2D eigenvalue weighted by Crippen LogP contribution is 2.06. The van der Waals surface area contributed by atoms with E-state index in [1.54, 1.807) is 19.3 Å². The number of carboxylic acids is 2. The van der Waals surface area contributed by atoms with E-state index in [9.17, 15) is 14.4 Å². The van der Waals surface area contributed by atoms with Gasteiger partial charge in [0.1, 0.15) is 18.8 Å². The first-order chi connectivity index (χ1) is 9.88. The fourth-order valence-corrected chi connectivity index (χ4v) is 1.71. The second kappa shape index (κ2) is 7.93. The van der Waals surface area contributed by atoms with Gasteiger partial charge in [-0.15, -0.1) is 0 Å². The maximum atomic E-state index is 11.9. The molecule has 0 aliphatic rings. The molecule has 3 N–H and O–H groups in total. The van der Waals surface area contributed by atoms with Gasteiger partial charge in [-0.2, -0.15) is 0 Å². The fourth-order valence-electron chi connectivity index (χ4n) is 1.71. The molecule has 0 aromatic carbocycles. The highest BCUT2D eigenvalue weighted by Gasteiger charge is 2.20. The van der Waals surface area contributed by atoms with Gasteiger partial charge in [0.15, 0.2) is 0 Å². The minimum Gasteiger partial charge on any atom is -0.480 e. The molecule has 0 saturated carbocycles. The van der Waals surface area contributed by atoms with Gasteiger partial charge in [-0.25, -0.2) is 4.79 Å². The number of nitrogens with zero attached hydrogens (tertiary/aromatic N) is 1. The Bertz CT molecular complexity index is 469. The molecule has 0 aliphatic heterocycles. The van der Waals surface area contributed by atoms with Gasteiger partial charge in [0.25, 0.3) is 0 Å². The van der Waals surface area contributed by atoms with Gasteiger partial charge in [-0.1, -0.05) is 0 Å². The molecule has 21 heavy (non-hydrogen) atoms. The van der Waals surface area contributed by atoms with Crippen molar-refractivity contribution in [2.75, 3.05) is 13.1 Å². The zero-order valence-corrected chi connectivity index (χ0v) is 11.6.